The van der Waals surface area contributed by atoms with Crippen LogP contribution in [-0.4, -0.2) is 36.6 Å². The first kappa shape index (κ1) is 17.0. The maximum atomic E-state index is 3.80. The third kappa shape index (κ3) is 5.07. The number of hydrogen-bond acceptors (Lipinski definition) is 2. The molecule has 2 heteroatoms. The van der Waals surface area contributed by atoms with Crippen LogP contribution in [0.1, 0.15) is 72.6 Å². The summed E-state index contributed by atoms with van der Waals surface area (Å²) in [7, 11) is 2.35. The van der Waals surface area contributed by atoms with Crippen molar-refractivity contribution in [3.63, 3.8) is 0 Å². The van der Waals surface area contributed by atoms with Gasteiger partial charge in [0.2, 0.25) is 0 Å². The van der Waals surface area contributed by atoms with Gasteiger partial charge in [-0.2, -0.15) is 0 Å². The fraction of sp³-hybridized carbons (Fsp3) is 1.00. The second kappa shape index (κ2) is 8.97. The standard InChI is InChI=1S/C17H36N2/c1-6-9-14(4)19(5)17-13-15(8-3)10-11-16(17)18-12-7-2/h14-18H,6-13H2,1-5H3. The Morgan fingerprint density at radius 2 is 1.89 bits per heavy atom. The van der Waals surface area contributed by atoms with E-state index in [1.54, 1.807) is 0 Å². The van der Waals surface area contributed by atoms with Crippen LogP contribution in [0, 0.1) is 5.92 Å². The van der Waals surface area contributed by atoms with Crippen LogP contribution < -0.4 is 5.32 Å². The summed E-state index contributed by atoms with van der Waals surface area (Å²) in [5.74, 6) is 0.945. The number of nitrogens with zero attached hydrogens (tertiary/aromatic N) is 1. The van der Waals surface area contributed by atoms with Crippen molar-refractivity contribution in [3.8, 4) is 0 Å². The Morgan fingerprint density at radius 3 is 2.47 bits per heavy atom. The Morgan fingerprint density at radius 1 is 1.16 bits per heavy atom. The molecule has 0 aromatic carbocycles. The maximum Gasteiger partial charge on any atom is 0.0251 e. The average Bonchev–Trinajstić information content (AvgIpc) is 2.44. The zero-order valence-corrected chi connectivity index (χ0v) is 13.9. The Hall–Kier alpha value is -0.0800. The largest absolute Gasteiger partial charge is 0.312 e. The topological polar surface area (TPSA) is 15.3 Å². The van der Waals surface area contributed by atoms with Gasteiger partial charge in [0.1, 0.15) is 0 Å². The molecule has 1 saturated carbocycles. The van der Waals surface area contributed by atoms with Gasteiger partial charge in [-0.05, 0) is 58.5 Å². The average molecular weight is 268 g/mol. The van der Waals surface area contributed by atoms with Gasteiger partial charge in [-0.3, -0.25) is 4.90 Å². The summed E-state index contributed by atoms with van der Waals surface area (Å²) in [5.41, 5.74) is 0. The van der Waals surface area contributed by atoms with Crippen molar-refractivity contribution in [1.82, 2.24) is 10.2 Å². The molecule has 4 atom stereocenters. The maximum absolute atomic E-state index is 3.80. The van der Waals surface area contributed by atoms with E-state index in [4.69, 9.17) is 0 Å². The molecule has 1 fully saturated rings. The monoisotopic (exact) mass is 268 g/mol. The molecule has 1 rings (SSSR count). The molecular weight excluding hydrogens is 232 g/mol. The van der Waals surface area contributed by atoms with E-state index >= 15 is 0 Å². The van der Waals surface area contributed by atoms with Crippen LogP contribution in [0.25, 0.3) is 0 Å². The van der Waals surface area contributed by atoms with Crippen LogP contribution in [0.3, 0.4) is 0 Å². The molecule has 0 bridgehead atoms. The first-order chi connectivity index (χ1) is 9.13. The predicted molar refractivity (Wildman–Crippen MR) is 85.6 cm³/mol. The highest BCUT2D eigenvalue weighted by Gasteiger charge is 2.33. The van der Waals surface area contributed by atoms with Gasteiger partial charge in [0, 0.05) is 18.1 Å². The highest BCUT2D eigenvalue weighted by molar-refractivity contribution is 4.91. The SMILES string of the molecule is CCCNC1CCC(CC)CC1N(C)C(C)CCC. The molecule has 2 nitrogen and oxygen atoms in total. The lowest BCUT2D eigenvalue weighted by Gasteiger charge is -2.44. The van der Waals surface area contributed by atoms with Gasteiger partial charge in [-0.1, -0.05) is 33.6 Å². The van der Waals surface area contributed by atoms with Gasteiger partial charge in [0.15, 0.2) is 0 Å². The molecule has 1 N–H and O–H groups in total. The fourth-order valence-corrected chi connectivity index (χ4v) is 3.57. The second-order valence-electron chi connectivity index (χ2n) is 6.52. The van der Waals surface area contributed by atoms with Gasteiger partial charge in [-0.15, -0.1) is 0 Å². The Bertz CT molecular complexity index is 227. The molecule has 0 aromatic rings. The summed E-state index contributed by atoms with van der Waals surface area (Å²) in [4.78, 5) is 2.67. The summed E-state index contributed by atoms with van der Waals surface area (Å²) >= 11 is 0. The number of rotatable bonds is 8. The summed E-state index contributed by atoms with van der Waals surface area (Å²) in [5, 5.41) is 3.80. The highest BCUT2D eigenvalue weighted by Crippen LogP contribution is 2.31. The van der Waals surface area contributed by atoms with Crippen molar-refractivity contribution >= 4 is 0 Å². The van der Waals surface area contributed by atoms with E-state index in [1.165, 1.54) is 51.5 Å². The molecule has 0 heterocycles. The summed E-state index contributed by atoms with van der Waals surface area (Å²) in [6.07, 6.45) is 9.40. The van der Waals surface area contributed by atoms with E-state index < -0.39 is 0 Å². The summed E-state index contributed by atoms with van der Waals surface area (Å²) in [6, 6.07) is 2.18. The number of hydrogen-bond donors (Lipinski definition) is 1. The van der Waals surface area contributed by atoms with E-state index in [2.05, 4.69) is 45.0 Å². The Balaban J connectivity index is 2.63. The smallest absolute Gasteiger partial charge is 0.0251 e. The normalized spacial score (nSPS) is 29.7. The third-order valence-corrected chi connectivity index (χ3v) is 5.08. The van der Waals surface area contributed by atoms with E-state index in [-0.39, 0.29) is 0 Å². The quantitative estimate of drug-likeness (QED) is 0.714. The van der Waals surface area contributed by atoms with Crippen LogP contribution in [0.15, 0.2) is 0 Å². The summed E-state index contributed by atoms with van der Waals surface area (Å²) in [6.45, 7) is 10.5. The lowest BCUT2D eigenvalue weighted by Crippen LogP contribution is -2.54. The molecule has 0 spiro atoms. The number of likely N-dealkylation sites (N-methyl/N-ethyl adjacent to an activating group) is 1. The second-order valence-corrected chi connectivity index (χ2v) is 6.52. The van der Waals surface area contributed by atoms with Crippen LogP contribution in [0.4, 0.5) is 0 Å². The van der Waals surface area contributed by atoms with Gasteiger partial charge >= 0.3 is 0 Å². The third-order valence-electron chi connectivity index (χ3n) is 5.08. The Labute approximate surface area is 121 Å². The lowest BCUT2D eigenvalue weighted by atomic mass is 9.80. The zero-order valence-electron chi connectivity index (χ0n) is 13.9. The molecule has 0 aliphatic heterocycles. The van der Waals surface area contributed by atoms with Crippen molar-refractivity contribution < 1.29 is 0 Å². The zero-order chi connectivity index (χ0) is 14.3. The molecule has 0 amide bonds. The van der Waals surface area contributed by atoms with Crippen LogP contribution >= 0.6 is 0 Å². The van der Waals surface area contributed by atoms with Crippen molar-refractivity contribution in [1.29, 1.82) is 0 Å². The molecule has 0 aromatic heterocycles. The van der Waals surface area contributed by atoms with Crippen LogP contribution in [0.2, 0.25) is 0 Å². The van der Waals surface area contributed by atoms with Gasteiger partial charge in [0.25, 0.3) is 0 Å². The minimum Gasteiger partial charge on any atom is -0.312 e. The molecule has 114 valence electrons. The van der Waals surface area contributed by atoms with Gasteiger partial charge < -0.3 is 5.32 Å². The van der Waals surface area contributed by atoms with Crippen molar-refractivity contribution in [3.05, 3.63) is 0 Å². The van der Waals surface area contributed by atoms with E-state index in [1.807, 2.05) is 0 Å². The molecule has 19 heavy (non-hydrogen) atoms. The highest BCUT2D eigenvalue weighted by atomic mass is 15.2. The van der Waals surface area contributed by atoms with Gasteiger partial charge in [0.05, 0.1) is 0 Å². The molecule has 0 saturated heterocycles. The Kier molecular flexibility index (Phi) is 8.01. The molecular formula is C17H36N2. The van der Waals surface area contributed by atoms with E-state index in [0.717, 1.165) is 18.0 Å². The fourth-order valence-electron chi connectivity index (χ4n) is 3.57. The van der Waals surface area contributed by atoms with Crippen molar-refractivity contribution in [2.24, 2.45) is 5.92 Å². The predicted octanol–water partition coefficient (Wildman–Crippen LogP) is 4.05. The van der Waals surface area contributed by atoms with E-state index in [9.17, 15) is 0 Å². The lowest BCUT2D eigenvalue weighted by molar-refractivity contribution is 0.0848. The van der Waals surface area contributed by atoms with Crippen LogP contribution in [0.5, 0.6) is 0 Å². The molecule has 1 aliphatic rings. The first-order valence-electron chi connectivity index (χ1n) is 8.59. The number of nitrogens with one attached hydrogen (secondary N) is 1. The minimum atomic E-state index is 0.715. The molecule has 1 aliphatic carbocycles. The van der Waals surface area contributed by atoms with Gasteiger partial charge in [-0.25, -0.2) is 0 Å². The summed E-state index contributed by atoms with van der Waals surface area (Å²) < 4.78 is 0. The van der Waals surface area contributed by atoms with Crippen molar-refractivity contribution in [2.45, 2.75) is 90.8 Å². The van der Waals surface area contributed by atoms with Crippen molar-refractivity contribution in [2.75, 3.05) is 13.6 Å². The molecule has 4 unspecified atom stereocenters. The minimum absolute atomic E-state index is 0.715. The molecule has 0 radical (unpaired) electrons. The van der Waals surface area contributed by atoms with Crippen LogP contribution in [-0.2, 0) is 0 Å². The van der Waals surface area contributed by atoms with E-state index in [0.29, 0.717) is 6.04 Å². The first-order valence-corrected chi connectivity index (χ1v) is 8.59.